The number of anilines is 1. The van der Waals surface area contributed by atoms with E-state index in [-0.39, 0.29) is 17.9 Å². The van der Waals surface area contributed by atoms with Crippen LogP contribution in [0.4, 0.5) is 14.7 Å². The van der Waals surface area contributed by atoms with Gasteiger partial charge in [0.15, 0.2) is 0 Å². The highest BCUT2D eigenvalue weighted by Gasteiger charge is 2.24. The number of rotatable bonds is 4. The molecule has 0 aliphatic carbocycles. The highest BCUT2D eigenvalue weighted by atomic mass is 19.1. The number of aryl methyl sites for hydroxylation is 2. The van der Waals surface area contributed by atoms with Crippen LogP contribution in [0.2, 0.25) is 0 Å². The third-order valence-electron chi connectivity index (χ3n) is 5.38. The molecule has 0 N–H and O–H groups in total. The van der Waals surface area contributed by atoms with E-state index in [1.807, 2.05) is 32.0 Å². The standard InChI is InChI=1S/C23H24F2N4/c1-15-11-16(2)28-23(27-15)29-10-4-5-18(14-29)22-9-8-17(13-26-22)12-19-20(24)6-3-7-21(19)25/h3,6-9,11,13,18H,4-5,10,12,14H2,1-2H3. The van der Waals surface area contributed by atoms with E-state index in [1.54, 1.807) is 6.20 Å². The van der Waals surface area contributed by atoms with Gasteiger partial charge in [0.1, 0.15) is 11.6 Å². The minimum absolute atomic E-state index is 0.0813. The quantitative estimate of drug-likeness (QED) is 0.641. The minimum atomic E-state index is -0.523. The van der Waals surface area contributed by atoms with Crippen molar-refractivity contribution in [2.24, 2.45) is 0 Å². The van der Waals surface area contributed by atoms with E-state index in [9.17, 15) is 8.78 Å². The van der Waals surface area contributed by atoms with Crippen molar-refractivity contribution in [3.05, 3.63) is 82.4 Å². The van der Waals surface area contributed by atoms with Crippen LogP contribution in [0.15, 0.2) is 42.6 Å². The van der Waals surface area contributed by atoms with Crippen LogP contribution < -0.4 is 4.90 Å². The minimum Gasteiger partial charge on any atom is -0.340 e. The van der Waals surface area contributed by atoms with Crippen molar-refractivity contribution in [3.63, 3.8) is 0 Å². The first-order valence-corrected chi connectivity index (χ1v) is 9.94. The van der Waals surface area contributed by atoms with Crippen molar-refractivity contribution < 1.29 is 8.78 Å². The van der Waals surface area contributed by atoms with Gasteiger partial charge in [0.25, 0.3) is 0 Å². The smallest absolute Gasteiger partial charge is 0.225 e. The van der Waals surface area contributed by atoms with Crippen LogP contribution in [-0.4, -0.2) is 28.0 Å². The Morgan fingerprint density at radius 2 is 1.76 bits per heavy atom. The molecule has 1 atom stereocenters. The first-order chi connectivity index (χ1) is 14.0. The van der Waals surface area contributed by atoms with E-state index in [0.29, 0.717) is 0 Å². The van der Waals surface area contributed by atoms with Crippen molar-refractivity contribution in [1.29, 1.82) is 0 Å². The Kier molecular flexibility index (Phi) is 5.51. The van der Waals surface area contributed by atoms with Gasteiger partial charge in [-0.3, -0.25) is 4.98 Å². The molecular formula is C23H24F2N4. The van der Waals surface area contributed by atoms with Crippen molar-refractivity contribution in [2.75, 3.05) is 18.0 Å². The number of hydrogen-bond acceptors (Lipinski definition) is 4. The highest BCUT2D eigenvalue weighted by molar-refractivity contribution is 5.35. The summed E-state index contributed by atoms with van der Waals surface area (Å²) in [5, 5.41) is 0. The van der Waals surface area contributed by atoms with Gasteiger partial charge in [0.05, 0.1) is 0 Å². The monoisotopic (exact) mass is 394 g/mol. The molecule has 0 saturated carbocycles. The molecule has 3 heterocycles. The van der Waals surface area contributed by atoms with E-state index < -0.39 is 11.6 Å². The number of piperidine rings is 1. The Balaban J connectivity index is 1.48. The Bertz CT molecular complexity index is 964. The number of benzene rings is 1. The molecule has 4 rings (SSSR count). The molecule has 2 aromatic heterocycles. The molecule has 150 valence electrons. The molecule has 29 heavy (non-hydrogen) atoms. The molecule has 1 unspecified atom stereocenters. The second kappa shape index (κ2) is 8.23. The molecule has 1 fully saturated rings. The molecule has 1 saturated heterocycles. The lowest BCUT2D eigenvalue weighted by Crippen LogP contribution is -2.36. The van der Waals surface area contributed by atoms with Crippen molar-refractivity contribution in [3.8, 4) is 0 Å². The zero-order valence-corrected chi connectivity index (χ0v) is 16.7. The van der Waals surface area contributed by atoms with Gasteiger partial charge >= 0.3 is 0 Å². The van der Waals surface area contributed by atoms with Crippen LogP contribution in [-0.2, 0) is 6.42 Å². The molecule has 0 bridgehead atoms. The van der Waals surface area contributed by atoms with E-state index in [2.05, 4.69) is 19.9 Å². The second-order valence-electron chi connectivity index (χ2n) is 7.70. The Labute approximate surface area is 169 Å². The third-order valence-corrected chi connectivity index (χ3v) is 5.38. The van der Waals surface area contributed by atoms with Crippen LogP contribution in [0.3, 0.4) is 0 Å². The molecule has 4 nitrogen and oxygen atoms in total. The maximum atomic E-state index is 13.9. The second-order valence-corrected chi connectivity index (χ2v) is 7.70. The first kappa shape index (κ1) is 19.4. The maximum Gasteiger partial charge on any atom is 0.225 e. The molecule has 0 amide bonds. The van der Waals surface area contributed by atoms with Gasteiger partial charge in [-0.2, -0.15) is 0 Å². The highest BCUT2D eigenvalue weighted by Crippen LogP contribution is 2.28. The average Bonchev–Trinajstić information content (AvgIpc) is 2.71. The van der Waals surface area contributed by atoms with Gasteiger partial charge in [-0.05, 0) is 56.5 Å². The lowest BCUT2D eigenvalue weighted by molar-refractivity contribution is 0.494. The van der Waals surface area contributed by atoms with Crippen LogP contribution >= 0.6 is 0 Å². The number of nitrogens with zero attached hydrogens (tertiary/aromatic N) is 4. The number of hydrogen-bond donors (Lipinski definition) is 0. The van der Waals surface area contributed by atoms with E-state index in [4.69, 9.17) is 0 Å². The molecule has 0 spiro atoms. The van der Waals surface area contributed by atoms with Crippen LogP contribution in [0, 0.1) is 25.5 Å². The summed E-state index contributed by atoms with van der Waals surface area (Å²) in [4.78, 5) is 16.0. The SMILES string of the molecule is Cc1cc(C)nc(N2CCCC(c3ccc(Cc4c(F)cccc4F)cn3)C2)n1. The largest absolute Gasteiger partial charge is 0.340 e. The van der Waals surface area contributed by atoms with Crippen molar-refractivity contribution >= 4 is 5.95 Å². The lowest BCUT2D eigenvalue weighted by Gasteiger charge is -2.32. The predicted octanol–water partition coefficient (Wildman–Crippen LogP) is 4.74. The zero-order valence-electron chi connectivity index (χ0n) is 16.7. The van der Waals surface area contributed by atoms with Crippen LogP contribution in [0.5, 0.6) is 0 Å². The fourth-order valence-electron chi connectivity index (χ4n) is 3.94. The molecule has 6 heteroatoms. The fourth-order valence-corrected chi connectivity index (χ4v) is 3.94. The summed E-state index contributed by atoms with van der Waals surface area (Å²) in [6.07, 6.45) is 4.02. The summed E-state index contributed by atoms with van der Waals surface area (Å²) in [5.74, 6) is 0.0159. The zero-order chi connectivity index (χ0) is 20.4. The van der Waals surface area contributed by atoms with Gasteiger partial charge in [0, 0.05) is 54.3 Å². The summed E-state index contributed by atoms with van der Waals surface area (Å²) < 4.78 is 27.8. The van der Waals surface area contributed by atoms with E-state index >= 15 is 0 Å². The van der Waals surface area contributed by atoms with Gasteiger partial charge in [-0.1, -0.05) is 12.1 Å². The average molecular weight is 394 g/mol. The van der Waals surface area contributed by atoms with E-state index in [0.717, 1.165) is 54.5 Å². The Hall–Kier alpha value is -2.89. The molecule has 3 aromatic rings. The summed E-state index contributed by atoms with van der Waals surface area (Å²) >= 11 is 0. The van der Waals surface area contributed by atoms with Gasteiger partial charge in [-0.25, -0.2) is 18.7 Å². The topological polar surface area (TPSA) is 41.9 Å². The first-order valence-electron chi connectivity index (χ1n) is 9.94. The van der Waals surface area contributed by atoms with Gasteiger partial charge in [-0.15, -0.1) is 0 Å². The molecule has 0 radical (unpaired) electrons. The molecule has 1 aliphatic heterocycles. The molecule has 1 aliphatic rings. The Morgan fingerprint density at radius 3 is 2.41 bits per heavy atom. The normalized spacial score (nSPS) is 16.8. The van der Waals surface area contributed by atoms with Crippen molar-refractivity contribution in [1.82, 2.24) is 15.0 Å². The summed E-state index contributed by atoms with van der Waals surface area (Å²) in [6.45, 7) is 5.72. The summed E-state index contributed by atoms with van der Waals surface area (Å²) in [6, 6.07) is 9.82. The predicted molar refractivity (Wildman–Crippen MR) is 109 cm³/mol. The van der Waals surface area contributed by atoms with Gasteiger partial charge < -0.3 is 4.90 Å². The summed E-state index contributed by atoms with van der Waals surface area (Å²) in [7, 11) is 0. The van der Waals surface area contributed by atoms with Crippen molar-refractivity contribution in [2.45, 2.75) is 39.0 Å². The summed E-state index contributed by atoms with van der Waals surface area (Å²) in [5.41, 5.74) is 3.81. The number of halogens is 2. The number of pyridine rings is 1. The fraction of sp³-hybridized carbons (Fsp3) is 0.348. The Morgan fingerprint density at radius 1 is 1.03 bits per heavy atom. The van der Waals surface area contributed by atoms with E-state index in [1.165, 1.54) is 18.2 Å². The third kappa shape index (κ3) is 4.42. The van der Waals surface area contributed by atoms with Gasteiger partial charge in [0.2, 0.25) is 5.95 Å². The van der Waals surface area contributed by atoms with Crippen LogP contribution in [0.25, 0.3) is 0 Å². The molecule has 1 aromatic carbocycles. The van der Waals surface area contributed by atoms with Crippen LogP contribution in [0.1, 0.15) is 47.0 Å². The molecular weight excluding hydrogens is 370 g/mol. The number of aromatic nitrogens is 3. The maximum absolute atomic E-state index is 13.9. The lowest BCUT2D eigenvalue weighted by atomic mass is 9.94.